The van der Waals surface area contributed by atoms with Gasteiger partial charge in [0.15, 0.2) is 0 Å². The van der Waals surface area contributed by atoms with Crippen LogP contribution in [-0.4, -0.2) is 34.6 Å². The number of nitrogens with one attached hydrogen (secondary N) is 1. The third-order valence-electron chi connectivity index (χ3n) is 2.92. The van der Waals surface area contributed by atoms with Crippen molar-refractivity contribution < 1.29 is 14.7 Å². The van der Waals surface area contributed by atoms with Gasteiger partial charge in [0.2, 0.25) is 0 Å². The predicted molar refractivity (Wildman–Crippen MR) is 75.3 cm³/mol. The maximum absolute atomic E-state index is 12.1. The Morgan fingerprint density at radius 3 is 2.68 bits per heavy atom. The Labute approximate surface area is 119 Å². The van der Waals surface area contributed by atoms with E-state index in [-0.39, 0.29) is 18.6 Å². The minimum absolute atomic E-state index is 0.0559. The van der Waals surface area contributed by atoms with Crippen molar-refractivity contribution >= 4 is 33.6 Å². The fraction of sp³-hybridized carbons (Fsp3) is 0.385. The molecule has 5 nitrogen and oxygen atoms in total. The highest BCUT2D eigenvalue weighted by atomic mass is 79.9. The zero-order valence-electron chi connectivity index (χ0n) is 10.5. The average Bonchev–Trinajstić information content (AvgIpc) is 3.13. The van der Waals surface area contributed by atoms with Crippen molar-refractivity contribution in [2.45, 2.75) is 25.8 Å². The number of carboxylic acid groups (broad SMARTS) is 1. The summed E-state index contributed by atoms with van der Waals surface area (Å²) in [5, 5.41) is 11.6. The van der Waals surface area contributed by atoms with Crippen molar-refractivity contribution in [1.82, 2.24) is 4.90 Å². The summed E-state index contributed by atoms with van der Waals surface area (Å²) in [6.45, 7) is 1.69. The van der Waals surface area contributed by atoms with Crippen LogP contribution in [0.4, 0.5) is 10.5 Å². The standard InChI is InChI=1S/C13H15BrN2O3/c1-8-2-5-11(10(14)6-8)15-13(19)16(7-12(17)18)9-3-4-9/h2,5-6,9H,3-4,7H2,1H3,(H,15,19)(H,17,18). The predicted octanol–water partition coefficient (Wildman–Crippen LogP) is 2.84. The van der Waals surface area contributed by atoms with E-state index < -0.39 is 5.97 Å². The number of aliphatic carboxylic acids is 1. The Morgan fingerprint density at radius 1 is 1.47 bits per heavy atom. The number of rotatable bonds is 4. The fourth-order valence-corrected chi connectivity index (χ4v) is 2.40. The van der Waals surface area contributed by atoms with Crippen LogP contribution < -0.4 is 5.32 Å². The van der Waals surface area contributed by atoms with Crippen LogP contribution >= 0.6 is 15.9 Å². The normalized spacial score (nSPS) is 14.0. The summed E-state index contributed by atoms with van der Waals surface area (Å²) >= 11 is 3.38. The van der Waals surface area contributed by atoms with E-state index in [0.717, 1.165) is 22.9 Å². The fourth-order valence-electron chi connectivity index (χ4n) is 1.81. The molecule has 1 aromatic carbocycles. The number of carbonyl (C=O) groups is 2. The lowest BCUT2D eigenvalue weighted by atomic mass is 10.2. The summed E-state index contributed by atoms with van der Waals surface area (Å²) in [4.78, 5) is 24.2. The monoisotopic (exact) mass is 326 g/mol. The summed E-state index contributed by atoms with van der Waals surface area (Å²) in [6, 6.07) is 5.27. The van der Waals surface area contributed by atoms with Gasteiger partial charge >= 0.3 is 12.0 Å². The van der Waals surface area contributed by atoms with Gasteiger partial charge in [0.25, 0.3) is 0 Å². The molecule has 0 aliphatic heterocycles. The van der Waals surface area contributed by atoms with Crippen LogP contribution in [-0.2, 0) is 4.79 Å². The molecule has 1 saturated carbocycles. The SMILES string of the molecule is Cc1ccc(NC(=O)N(CC(=O)O)C2CC2)c(Br)c1. The average molecular weight is 327 g/mol. The molecule has 19 heavy (non-hydrogen) atoms. The second-order valence-electron chi connectivity index (χ2n) is 4.67. The van der Waals surface area contributed by atoms with E-state index in [9.17, 15) is 9.59 Å². The number of aryl methyl sites for hydroxylation is 1. The molecule has 0 saturated heterocycles. The van der Waals surface area contributed by atoms with Gasteiger partial charge < -0.3 is 15.3 Å². The topological polar surface area (TPSA) is 69.6 Å². The molecule has 0 radical (unpaired) electrons. The number of urea groups is 1. The Balaban J connectivity index is 2.07. The quantitative estimate of drug-likeness (QED) is 0.893. The molecule has 1 aliphatic rings. The van der Waals surface area contributed by atoms with Crippen LogP contribution in [0.5, 0.6) is 0 Å². The lowest BCUT2D eigenvalue weighted by Crippen LogP contribution is -2.40. The van der Waals surface area contributed by atoms with Gasteiger partial charge in [-0.3, -0.25) is 4.79 Å². The molecule has 0 aromatic heterocycles. The lowest BCUT2D eigenvalue weighted by Gasteiger charge is -2.21. The Bertz CT molecular complexity index is 515. The number of anilines is 1. The van der Waals surface area contributed by atoms with Crippen molar-refractivity contribution in [2.75, 3.05) is 11.9 Å². The lowest BCUT2D eigenvalue weighted by molar-refractivity contribution is -0.137. The summed E-state index contributed by atoms with van der Waals surface area (Å²) in [5.41, 5.74) is 1.72. The van der Waals surface area contributed by atoms with E-state index in [0.29, 0.717) is 5.69 Å². The molecule has 2 amide bonds. The van der Waals surface area contributed by atoms with Crippen molar-refractivity contribution in [1.29, 1.82) is 0 Å². The summed E-state index contributed by atoms with van der Waals surface area (Å²) in [5.74, 6) is -0.995. The molecule has 0 atom stereocenters. The number of halogens is 1. The molecule has 6 heteroatoms. The summed E-state index contributed by atoms with van der Waals surface area (Å²) in [6.07, 6.45) is 1.74. The second-order valence-corrected chi connectivity index (χ2v) is 5.52. The molecule has 1 fully saturated rings. The number of amides is 2. The van der Waals surface area contributed by atoms with E-state index in [1.165, 1.54) is 4.90 Å². The van der Waals surface area contributed by atoms with Crippen molar-refractivity contribution in [2.24, 2.45) is 0 Å². The molecule has 102 valence electrons. The number of nitrogens with zero attached hydrogens (tertiary/aromatic N) is 1. The Hall–Kier alpha value is -1.56. The molecule has 2 rings (SSSR count). The first kappa shape index (κ1) is 13.9. The van der Waals surface area contributed by atoms with Gasteiger partial charge in [-0.15, -0.1) is 0 Å². The minimum Gasteiger partial charge on any atom is -0.480 e. The van der Waals surface area contributed by atoms with Gasteiger partial charge in [0.05, 0.1) is 5.69 Å². The van der Waals surface area contributed by atoms with Gasteiger partial charge in [0.1, 0.15) is 6.54 Å². The van der Waals surface area contributed by atoms with Crippen molar-refractivity contribution in [3.8, 4) is 0 Å². The third-order valence-corrected chi connectivity index (χ3v) is 3.58. The van der Waals surface area contributed by atoms with E-state index in [4.69, 9.17) is 5.11 Å². The second kappa shape index (κ2) is 5.61. The van der Waals surface area contributed by atoms with Crippen LogP contribution in [0, 0.1) is 6.92 Å². The van der Waals surface area contributed by atoms with Crippen LogP contribution in [0.3, 0.4) is 0 Å². The van der Waals surface area contributed by atoms with Gasteiger partial charge in [-0.1, -0.05) is 6.07 Å². The van der Waals surface area contributed by atoms with E-state index in [2.05, 4.69) is 21.2 Å². The number of hydrogen-bond donors (Lipinski definition) is 2. The molecular formula is C13H15BrN2O3. The molecule has 1 aliphatic carbocycles. The summed E-state index contributed by atoms with van der Waals surface area (Å²) < 4.78 is 0.784. The molecule has 0 bridgehead atoms. The van der Waals surface area contributed by atoms with Crippen LogP contribution in [0.25, 0.3) is 0 Å². The number of benzene rings is 1. The minimum atomic E-state index is -0.995. The molecule has 0 heterocycles. The first-order valence-electron chi connectivity index (χ1n) is 6.03. The first-order valence-corrected chi connectivity index (χ1v) is 6.82. The Morgan fingerprint density at radius 2 is 2.16 bits per heavy atom. The van der Waals surface area contributed by atoms with E-state index >= 15 is 0 Å². The molecule has 1 aromatic rings. The van der Waals surface area contributed by atoms with Crippen molar-refractivity contribution in [3.05, 3.63) is 28.2 Å². The molecule has 2 N–H and O–H groups in total. The molecular weight excluding hydrogens is 312 g/mol. The third kappa shape index (κ3) is 3.70. The van der Waals surface area contributed by atoms with E-state index in [1.807, 2.05) is 19.1 Å². The van der Waals surface area contributed by atoms with Crippen LogP contribution in [0.1, 0.15) is 18.4 Å². The highest BCUT2D eigenvalue weighted by molar-refractivity contribution is 9.10. The number of hydrogen-bond acceptors (Lipinski definition) is 2. The van der Waals surface area contributed by atoms with Gasteiger partial charge in [0, 0.05) is 10.5 Å². The van der Waals surface area contributed by atoms with Crippen molar-refractivity contribution in [3.63, 3.8) is 0 Å². The van der Waals surface area contributed by atoms with Crippen LogP contribution in [0.15, 0.2) is 22.7 Å². The van der Waals surface area contributed by atoms with Gasteiger partial charge in [-0.05, 0) is 53.4 Å². The Kier molecular flexibility index (Phi) is 4.09. The van der Waals surface area contributed by atoms with E-state index in [1.54, 1.807) is 6.07 Å². The molecule has 0 unspecified atom stereocenters. The number of carboxylic acids is 1. The zero-order chi connectivity index (χ0) is 14.0. The summed E-state index contributed by atoms with van der Waals surface area (Å²) in [7, 11) is 0. The van der Waals surface area contributed by atoms with Gasteiger partial charge in [-0.25, -0.2) is 4.79 Å². The maximum atomic E-state index is 12.1. The largest absolute Gasteiger partial charge is 0.480 e. The maximum Gasteiger partial charge on any atom is 0.323 e. The van der Waals surface area contributed by atoms with Crippen LogP contribution in [0.2, 0.25) is 0 Å². The van der Waals surface area contributed by atoms with Gasteiger partial charge in [-0.2, -0.15) is 0 Å². The number of carbonyl (C=O) groups excluding carboxylic acids is 1. The smallest absolute Gasteiger partial charge is 0.323 e. The first-order chi connectivity index (χ1) is 8.97. The highest BCUT2D eigenvalue weighted by Crippen LogP contribution is 2.28. The zero-order valence-corrected chi connectivity index (χ0v) is 12.1. The molecule has 0 spiro atoms. The highest BCUT2D eigenvalue weighted by Gasteiger charge is 2.34.